The predicted molar refractivity (Wildman–Crippen MR) is 87.5 cm³/mol. The highest BCUT2D eigenvalue weighted by Crippen LogP contribution is 2.28. The van der Waals surface area contributed by atoms with Crippen LogP contribution in [0, 0.1) is 3.57 Å². The van der Waals surface area contributed by atoms with Crippen LogP contribution >= 0.6 is 34.2 Å². The molecule has 2 aromatic carbocycles. The zero-order valence-electron chi connectivity index (χ0n) is 10.6. The SMILES string of the molecule is C[C@@H](N)c1ccc(OCc2ccc(I)cc2)c(Cl)c1. The molecule has 0 fully saturated rings. The first kappa shape index (κ1) is 14.6. The van der Waals surface area contributed by atoms with Crippen molar-refractivity contribution in [3.8, 4) is 5.75 Å². The van der Waals surface area contributed by atoms with Crippen LogP contribution in [0.15, 0.2) is 42.5 Å². The van der Waals surface area contributed by atoms with Gasteiger partial charge >= 0.3 is 0 Å². The van der Waals surface area contributed by atoms with E-state index in [-0.39, 0.29) is 6.04 Å². The van der Waals surface area contributed by atoms with E-state index in [1.165, 1.54) is 3.57 Å². The molecule has 0 spiro atoms. The van der Waals surface area contributed by atoms with Crippen LogP contribution in [0.4, 0.5) is 0 Å². The Hall–Kier alpha value is -0.780. The van der Waals surface area contributed by atoms with Crippen LogP contribution in [-0.4, -0.2) is 0 Å². The van der Waals surface area contributed by atoms with Crippen LogP contribution in [0.5, 0.6) is 5.75 Å². The predicted octanol–water partition coefficient (Wildman–Crippen LogP) is 4.54. The van der Waals surface area contributed by atoms with Gasteiger partial charge in [0, 0.05) is 9.61 Å². The molecule has 0 aliphatic carbocycles. The lowest BCUT2D eigenvalue weighted by Gasteiger charge is -2.11. The van der Waals surface area contributed by atoms with Crippen LogP contribution in [0.1, 0.15) is 24.1 Å². The summed E-state index contributed by atoms with van der Waals surface area (Å²) in [5, 5.41) is 0.598. The monoisotopic (exact) mass is 387 g/mol. The van der Waals surface area contributed by atoms with Crippen LogP contribution in [-0.2, 0) is 6.61 Å². The lowest BCUT2D eigenvalue weighted by atomic mass is 10.1. The van der Waals surface area contributed by atoms with Crippen molar-refractivity contribution in [3.63, 3.8) is 0 Å². The molecule has 1 atom stereocenters. The summed E-state index contributed by atoms with van der Waals surface area (Å²) in [7, 11) is 0. The first-order valence-corrected chi connectivity index (χ1v) is 7.44. The molecule has 0 aliphatic heterocycles. The number of ether oxygens (including phenoxy) is 1. The molecule has 2 rings (SSSR count). The number of nitrogens with two attached hydrogens (primary N) is 1. The maximum atomic E-state index is 6.18. The van der Waals surface area contributed by atoms with E-state index in [1.807, 2.05) is 37.3 Å². The summed E-state index contributed by atoms with van der Waals surface area (Å²) in [6.07, 6.45) is 0. The second-order valence-electron chi connectivity index (χ2n) is 4.39. The van der Waals surface area contributed by atoms with Gasteiger partial charge in [-0.2, -0.15) is 0 Å². The first-order valence-electron chi connectivity index (χ1n) is 5.98. The molecule has 0 saturated carbocycles. The van der Waals surface area contributed by atoms with Gasteiger partial charge in [-0.1, -0.05) is 29.8 Å². The van der Waals surface area contributed by atoms with E-state index < -0.39 is 0 Å². The van der Waals surface area contributed by atoms with Gasteiger partial charge in [0.15, 0.2) is 0 Å². The van der Waals surface area contributed by atoms with E-state index in [1.54, 1.807) is 0 Å². The summed E-state index contributed by atoms with van der Waals surface area (Å²) in [6, 6.07) is 13.9. The van der Waals surface area contributed by atoms with Gasteiger partial charge in [-0.3, -0.25) is 0 Å². The number of hydrogen-bond donors (Lipinski definition) is 1. The van der Waals surface area contributed by atoms with Gasteiger partial charge in [-0.05, 0) is 64.9 Å². The normalized spacial score (nSPS) is 12.2. The summed E-state index contributed by atoms with van der Waals surface area (Å²) in [6.45, 7) is 2.44. The van der Waals surface area contributed by atoms with Crippen molar-refractivity contribution in [2.24, 2.45) is 5.73 Å². The molecular formula is C15H15ClINO. The van der Waals surface area contributed by atoms with Crippen LogP contribution in [0.3, 0.4) is 0 Å². The average Bonchev–Trinajstić information content (AvgIpc) is 2.39. The maximum Gasteiger partial charge on any atom is 0.138 e. The van der Waals surface area contributed by atoms with Gasteiger partial charge < -0.3 is 10.5 Å². The Morgan fingerprint density at radius 1 is 1.21 bits per heavy atom. The van der Waals surface area contributed by atoms with Gasteiger partial charge in [-0.15, -0.1) is 0 Å². The number of hydrogen-bond acceptors (Lipinski definition) is 2. The van der Waals surface area contributed by atoms with Crippen molar-refractivity contribution < 1.29 is 4.74 Å². The molecule has 2 N–H and O–H groups in total. The minimum absolute atomic E-state index is 0.0252. The Balaban J connectivity index is 2.05. The smallest absolute Gasteiger partial charge is 0.138 e. The van der Waals surface area contributed by atoms with E-state index in [0.717, 1.165) is 11.1 Å². The number of benzene rings is 2. The van der Waals surface area contributed by atoms with Crippen LogP contribution in [0.2, 0.25) is 5.02 Å². The standard InChI is InChI=1S/C15H15ClINO/c1-10(18)12-4-7-15(14(16)8-12)19-9-11-2-5-13(17)6-3-11/h2-8,10H,9,18H2,1H3/t10-/m1/s1. The van der Waals surface area contributed by atoms with Gasteiger partial charge in [0.25, 0.3) is 0 Å². The van der Waals surface area contributed by atoms with Crippen LogP contribution < -0.4 is 10.5 Å². The van der Waals surface area contributed by atoms with Gasteiger partial charge in [0.2, 0.25) is 0 Å². The molecule has 0 aliphatic rings. The molecular weight excluding hydrogens is 373 g/mol. The summed E-state index contributed by atoms with van der Waals surface area (Å²) < 4.78 is 6.93. The molecule has 0 saturated heterocycles. The summed E-state index contributed by atoms with van der Waals surface area (Å²) in [5.41, 5.74) is 7.94. The van der Waals surface area contributed by atoms with Gasteiger partial charge in [-0.25, -0.2) is 0 Å². The molecule has 0 aromatic heterocycles. The van der Waals surface area contributed by atoms with Crippen molar-refractivity contribution in [2.45, 2.75) is 19.6 Å². The van der Waals surface area contributed by atoms with Crippen LogP contribution in [0.25, 0.3) is 0 Å². The lowest BCUT2D eigenvalue weighted by Crippen LogP contribution is -2.05. The van der Waals surface area contributed by atoms with Crippen molar-refractivity contribution in [1.29, 1.82) is 0 Å². The minimum Gasteiger partial charge on any atom is -0.487 e. The highest BCUT2D eigenvalue weighted by atomic mass is 127. The van der Waals surface area contributed by atoms with Crippen molar-refractivity contribution in [1.82, 2.24) is 0 Å². The second kappa shape index (κ2) is 6.59. The minimum atomic E-state index is -0.0252. The topological polar surface area (TPSA) is 35.2 Å². The fraction of sp³-hybridized carbons (Fsp3) is 0.200. The maximum absolute atomic E-state index is 6.18. The molecule has 2 nitrogen and oxygen atoms in total. The zero-order valence-corrected chi connectivity index (χ0v) is 13.5. The van der Waals surface area contributed by atoms with Crippen molar-refractivity contribution in [2.75, 3.05) is 0 Å². The Morgan fingerprint density at radius 2 is 1.89 bits per heavy atom. The molecule has 2 aromatic rings. The molecule has 0 heterocycles. The number of rotatable bonds is 4. The quantitative estimate of drug-likeness (QED) is 0.782. The molecule has 4 heteroatoms. The van der Waals surface area contributed by atoms with E-state index >= 15 is 0 Å². The van der Waals surface area contributed by atoms with E-state index in [2.05, 4.69) is 34.7 Å². The van der Waals surface area contributed by atoms with E-state index in [4.69, 9.17) is 22.1 Å². The summed E-state index contributed by atoms with van der Waals surface area (Å²) in [5.74, 6) is 0.685. The second-order valence-corrected chi connectivity index (χ2v) is 6.05. The number of halogens is 2. The Kier molecular flexibility index (Phi) is 5.07. The third kappa shape index (κ3) is 4.09. The largest absolute Gasteiger partial charge is 0.487 e. The molecule has 0 bridgehead atoms. The molecule has 0 amide bonds. The van der Waals surface area contributed by atoms with Gasteiger partial charge in [0.1, 0.15) is 12.4 Å². The fourth-order valence-electron chi connectivity index (χ4n) is 1.66. The molecule has 19 heavy (non-hydrogen) atoms. The lowest BCUT2D eigenvalue weighted by molar-refractivity contribution is 0.306. The molecule has 100 valence electrons. The Morgan fingerprint density at radius 3 is 2.47 bits per heavy atom. The summed E-state index contributed by atoms with van der Waals surface area (Å²) in [4.78, 5) is 0. The average molecular weight is 388 g/mol. The zero-order chi connectivity index (χ0) is 13.8. The highest BCUT2D eigenvalue weighted by Gasteiger charge is 2.06. The van der Waals surface area contributed by atoms with Crippen molar-refractivity contribution >= 4 is 34.2 Å². The van der Waals surface area contributed by atoms with E-state index in [0.29, 0.717) is 17.4 Å². The Labute approximate surface area is 132 Å². The third-order valence-corrected chi connectivity index (χ3v) is 3.80. The highest BCUT2D eigenvalue weighted by molar-refractivity contribution is 14.1. The van der Waals surface area contributed by atoms with Gasteiger partial charge in [0.05, 0.1) is 5.02 Å². The first-order chi connectivity index (χ1) is 9.06. The van der Waals surface area contributed by atoms with Crippen molar-refractivity contribution in [3.05, 3.63) is 62.2 Å². The third-order valence-electron chi connectivity index (χ3n) is 2.79. The summed E-state index contributed by atoms with van der Waals surface area (Å²) >= 11 is 8.46. The molecule has 0 unspecified atom stereocenters. The molecule has 0 radical (unpaired) electrons. The fourth-order valence-corrected chi connectivity index (χ4v) is 2.26. The Bertz CT molecular complexity index is 555. The van der Waals surface area contributed by atoms with E-state index in [9.17, 15) is 0 Å².